The molecule has 84 valence electrons. The summed E-state index contributed by atoms with van der Waals surface area (Å²) < 4.78 is 0. The molecule has 1 aromatic rings. The molecule has 0 saturated carbocycles. The highest BCUT2D eigenvalue weighted by Gasteiger charge is 2.26. The van der Waals surface area contributed by atoms with Gasteiger partial charge < -0.3 is 10.4 Å². The number of nitrogens with one attached hydrogen (secondary N) is 1. The van der Waals surface area contributed by atoms with E-state index >= 15 is 0 Å². The van der Waals surface area contributed by atoms with E-state index in [0.29, 0.717) is 17.9 Å². The Balaban J connectivity index is 2.18. The summed E-state index contributed by atoms with van der Waals surface area (Å²) in [7, 11) is 0. The van der Waals surface area contributed by atoms with Crippen LogP contribution in [0.3, 0.4) is 0 Å². The van der Waals surface area contributed by atoms with Crippen LogP contribution in [0, 0.1) is 11.8 Å². The van der Waals surface area contributed by atoms with Crippen molar-refractivity contribution in [3.63, 3.8) is 0 Å². The van der Waals surface area contributed by atoms with Gasteiger partial charge in [0.2, 0.25) is 0 Å². The van der Waals surface area contributed by atoms with Crippen LogP contribution in [-0.4, -0.2) is 23.8 Å². The van der Waals surface area contributed by atoms with Crippen LogP contribution in [-0.2, 0) is 0 Å². The number of hydrogen-bond donors (Lipinski definition) is 2. The largest absolute Gasteiger partial charge is 0.377 e. The molecule has 1 aliphatic heterocycles. The first-order valence-corrected chi connectivity index (χ1v) is 5.78. The van der Waals surface area contributed by atoms with Gasteiger partial charge in [0, 0.05) is 5.56 Å². The third-order valence-corrected chi connectivity index (χ3v) is 3.06. The van der Waals surface area contributed by atoms with Crippen molar-refractivity contribution in [1.29, 1.82) is 0 Å². The predicted octanol–water partition coefficient (Wildman–Crippen LogP) is 1.81. The maximum atomic E-state index is 10.2. The van der Waals surface area contributed by atoms with Gasteiger partial charge in [0.1, 0.15) is 5.60 Å². The molecule has 0 unspecified atom stereocenters. The lowest BCUT2D eigenvalue weighted by molar-refractivity contribution is 0.0679. The third-order valence-electron chi connectivity index (χ3n) is 2.73. The van der Waals surface area contributed by atoms with E-state index in [1.54, 1.807) is 6.07 Å². The molecule has 0 aromatic heterocycles. The number of benzene rings is 1. The zero-order chi connectivity index (χ0) is 11.4. The molecule has 16 heavy (non-hydrogen) atoms. The van der Waals surface area contributed by atoms with Gasteiger partial charge in [-0.25, -0.2) is 0 Å². The summed E-state index contributed by atoms with van der Waals surface area (Å²) >= 11 is 5.99. The van der Waals surface area contributed by atoms with Crippen LogP contribution in [0.15, 0.2) is 24.3 Å². The fourth-order valence-corrected chi connectivity index (χ4v) is 1.89. The first kappa shape index (κ1) is 11.5. The third kappa shape index (κ3) is 2.76. The second kappa shape index (κ2) is 4.88. The number of aliphatic hydroxyl groups is 1. The Kier molecular flexibility index (Phi) is 3.50. The van der Waals surface area contributed by atoms with Crippen LogP contribution >= 0.6 is 11.6 Å². The SMILES string of the molecule is OC1(C#Cc2ccccc2Cl)CCNCC1. The van der Waals surface area contributed by atoms with Crippen LogP contribution in [0.5, 0.6) is 0 Å². The van der Waals surface area contributed by atoms with Gasteiger partial charge in [0.15, 0.2) is 0 Å². The monoisotopic (exact) mass is 235 g/mol. The van der Waals surface area contributed by atoms with Gasteiger partial charge in [-0.2, -0.15) is 0 Å². The molecule has 0 spiro atoms. The van der Waals surface area contributed by atoms with Crippen molar-refractivity contribution in [3.8, 4) is 11.8 Å². The van der Waals surface area contributed by atoms with E-state index in [2.05, 4.69) is 17.2 Å². The molecule has 1 fully saturated rings. The highest BCUT2D eigenvalue weighted by Crippen LogP contribution is 2.18. The molecule has 0 bridgehead atoms. The molecule has 2 N–H and O–H groups in total. The molecular weight excluding hydrogens is 222 g/mol. The van der Waals surface area contributed by atoms with Crippen molar-refractivity contribution >= 4 is 11.6 Å². The minimum absolute atomic E-state index is 0.632. The van der Waals surface area contributed by atoms with Crippen molar-refractivity contribution in [2.75, 3.05) is 13.1 Å². The molecule has 1 aromatic carbocycles. The first-order chi connectivity index (χ1) is 7.70. The lowest BCUT2D eigenvalue weighted by atomic mass is 9.93. The molecule has 0 radical (unpaired) electrons. The van der Waals surface area contributed by atoms with E-state index in [0.717, 1.165) is 18.7 Å². The van der Waals surface area contributed by atoms with E-state index in [4.69, 9.17) is 11.6 Å². The van der Waals surface area contributed by atoms with Crippen molar-refractivity contribution in [2.45, 2.75) is 18.4 Å². The normalized spacial score (nSPS) is 18.6. The summed E-state index contributed by atoms with van der Waals surface area (Å²) in [5, 5.41) is 14.0. The van der Waals surface area contributed by atoms with Crippen molar-refractivity contribution in [2.24, 2.45) is 0 Å². The number of piperidine rings is 1. The minimum Gasteiger partial charge on any atom is -0.377 e. The van der Waals surface area contributed by atoms with E-state index in [-0.39, 0.29) is 0 Å². The zero-order valence-corrected chi connectivity index (χ0v) is 9.72. The van der Waals surface area contributed by atoms with Gasteiger partial charge in [-0.3, -0.25) is 0 Å². The van der Waals surface area contributed by atoms with E-state index in [1.807, 2.05) is 18.2 Å². The van der Waals surface area contributed by atoms with Crippen LogP contribution in [0.4, 0.5) is 0 Å². The Morgan fingerprint density at radius 1 is 1.25 bits per heavy atom. The second-order valence-electron chi connectivity index (χ2n) is 4.01. The van der Waals surface area contributed by atoms with Gasteiger partial charge in [-0.1, -0.05) is 35.6 Å². The molecule has 1 aliphatic rings. The average molecular weight is 236 g/mol. The Morgan fingerprint density at radius 3 is 2.62 bits per heavy atom. The average Bonchev–Trinajstić information content (AvgIpc) is 2.29. The Bertz CT molecular complexity index is 427. The Morgan fingerprint density at radius 2 is 1.94 bits per heavy atom. The molecule has 2 rings (SSSR count). The van der Waals surface area contributed by atoms with Crippen LogP contribution < -0.4 is 5.32 Å². The summed E-state index contributed by atoms with van der Waals surface area (Å²) in [4.78, 5) is 0. The van der Waals surface area contributed by atoms with Gasteiger partial charge in [0.05, 0.1) is 5.02 Å². The van der Waals surface area contributed by atoms with Crippen LogP contribution in [0.1, 0.15) is 18.4 Å². The molecule has 3 heteroatoms. The molecular formula is C13H14ClNO. The topological polar surface area (TPSA) is 32.3 Å². The maximum absolute atomic E-state index is 10.2. The predicted molar refractivity (Wildman–Crippen MR) is 65.4 cm³/mol. The van der Waals surface area contributed by atoms with Gasteiger partial charge >= 0.3 is 0 Å². The standard InChI is InChI=1S/C13H14ClNO/c14-12-4-2-1-3-11(12)5-6-13(16)7-9-15-10-8-13/h1-4,15-16H,7-10H2. The van der Waals surface area contributed by atoms with Crippen molar-refractivity contribution in [1.82, 2.24) is 5.32 Å². The molecule has 2 nitrogen and oxygen atoms in total. The number of halogens is 1. The van der Waals surface area contributed by atoms with Crippen LogP contribution in [0.25, 0.3) is 0 Å². The molecule has 1 heterocycles. The summed E-state index contributed by atoms with van der Waals surface area (Å²) in [6.45, 7) is 1.63. The van der Waals surface area contributed by atoms with Crippen molar-refractivity contribution in [3.05, 3.63) is 34.9 Å². The van der Waals surface area contributed by atoms with Gasteiger partial charge in [-0.05, 0) is 38.1 Å². The van der Waals surface area contributed by atoms with Gasteiger partial charge in [0.25, 0.3) is 0 Å². The maximum Gasteiger partial charge on any atom is 0.128 e. The lowest BCUT2D eigenvalue weighted by Crippen LogP contribution is -2.40. The molecule has 0 aliphatic carbocycles. The zero-order valence-electron chi connectivity index (χ0n) is 8.96. The lowest BCUT2D eigenvalue weighted by Gasteiger charge is -2.27. The molecule has 1 saturated heterocycles. The van der Waals surface area contributed by atoms with Crippen LogP contribution in [0.2, 0.25) is 5.02 Å². The number of hydrogen-bond acceptors (Lipinski definition) is 2. The summed E-state index contributed by atoms with van der Waals surface area (Å²) in [5.41, 5.74) is -0.0825. The minimum atomic E-state index is -0.857. The summed E-state index contributed by atoms with van der Waals surface area (Å²) in [5.74, 6) is 5.90. The second-order valence-corrected chi connectivity index (χ2v) is 4.42. The smallest absolute Gasteiger partial charge is 0.128 e. The highest BCUT2D eigenvalue weighted by atomic mass is 35.5. The first-order valence-electron chi connectivity index (χ1n) is 5.40. The van der Waals surface area contributed by atoms with E-state index in [1.165, 1.54) is 0 Å². The highest BCUT2D eigenvalue weighted by molar-refractivity contribution is 6.31. The quantitative estimate of drug-likeness (QED) is 0.673. The summed E-state index contributed by atoms with van der Waals surface area (Å²) in [6, 6.07) is 7.42. The molecule has 0 atom stereocenters. The fraction of sp³-hybridized carbons (Fsp3) is 0.385. The van der Waals surface area contributed by atoms with Gasteiger partial charge in [-0.15, -0.1) is 0 Å². The van der Waals surface area contributed by atoms with Crippen molar-refractivity contribution < 1.29 is 5.11 Å². The van der Waals surface area contributed by atoms with E-state index in [9.17, 15) is 5.11 Å². The van der Waals surface area contributed by atoms with E-state index < -0.39 is 5.60 Å². The molecule has 0 amide bonds. The summed E-state index contributed by atoms with van der Waals surface area (Å²) in [6.07, 6.45) is 1.34. The Hall–Kier alpha value is -1.01. The fourth-order valence-electron chi connectivity index (χ4n) is 1.71. The number of rotatable bonds is 0. The Labute approximate surface area is 101 Å².